The molecule has 18 nitrogen and oxygen atoms in total. The number of amides is 1. The fourth-order valence-corrected chi connectivity index (χ4v) is 4.86. The Balaban J connectivity index is 1.80. The van der Waals surface area contributed by atoms with Crippen LogP contribution in [0.5, 0.6) is 0 Å². The number of hydrogen-bond donors (Lipinski definition) is 11. The van der Waals surface area contributed by atoms with Gasteiger partial charge in [0.05, 0.1) is 26.4 Å². The second-order valence-electron chi connectivity index (χ2n) is 10.1. The summed E-state index contributed by atoms with van der Waals surface area (Å²) in [6.07, 6.45) is -22.1. The number of rotatable bonds is 12. The van der Waals surface area contributed by atoms with Gasteiger partial charge in [0, 0.05) is 6.92 Å². The molecule has 0 spiro atoms. The highest BCUT2D eigenvalue weighted by Gasteiger charge is 2.54. The average Bonchev–Trinajstić information content (AvgIpc) is 2.95. The van der Waals surface area contributed by atoms with Crippen molar-refractivity contribution in [3.05, 3.63) is 0 Å². The van der Waals surface area contributed by atoms with E-state index in [0.717, 1.165) is 0 Å². The Morgan fingerprint density at radius 2 is 1.24 bits per heavy atom. The fourth-order valence-electron chi connectivity index (χ4n) is 4.86. The van der Waals surface area contributed by atoms with E-state index < -0.39 is 118 Å². The Kier molecular flexibility index (Phi) is 13.0. The first-order valence-electron chi connectivity index (χ1n) is 13.3. The Labute approximate surface area is 235 Å². The van der Waals surface area contributed by atoms with Crippen LogP contribution in [-0.2, 0) is 33.2 Å². The molecular weight excluding hydrogens is 560 g/mol. The lowest BCUT2D eigenvalue weighted by Gasteiger charge is -2.48. The molecule has 0 radical (unpaired) electrons. The molecule has 12 N–H and O–H groups in total. The topological polar surface area (TPSA) is 293 Å². The normalized spacial score (nSPS) is 45.4. The molecule has 3 fully saturated rings. The quantitative estimate of drug-likeness (QED) is 0.0925. The van der Waals surface area contributed by atoms with E-state index >= 15 is 0 Å². The summed E-state index contributed by atoms with van der Waals surface area (Å²) in [5, 5.41) is 94.9. The Morgan fingerprint density at radius 3 is 1.80 bits per heavy atom. The summed E-state index contributed by atoms with van der Waals surface area (Å²) in [5.74, 6) is -0.545. The predicted molar refractivity (Wildman–Crippen MR) is 130 cm³/mol. The van der Waals surface area contributed by atoms with E-state index in [1.54, 1.807) is 0 Å². The van der Waals surface area contributed by atoms with E-state index in [-0.39, 0.29) is 6.61 Å². The lowest BCUT2D eigenvalue weighted by molar-refractivity contribution is -0.376. The lowest BCUT2D eigenvalue weighted by Crippen LogP contribution is -2.68. The van der Waals surface area contributed by atoms with Crippen molar-refractivity contribution >= 4 is 5.91 Å². The van der Waals surface area contributed by atoms with Gasteiger partial charge in [-0.05, 0) is 13.0 Å². The van der Waals surface area contributed by atoms with Gasteiger partial charge in [-0.1, -0.05) is 0 Å². The maximum absolute atomic E-state index is 11.8. The van der Waals surface area contributed by atoms with Crippen molar-refractivity contribution < 1.29 is 79.2 Å². The van der Waals surface area contributed by atoms with Gasteiger partial charge in [0.15, 0.2) is 18.9 Å². The number of carbonyl (C=O) groups excluding carboxylic acids is 1. The van der Waals surface area contributed by atoms with Crippen molar-refractivity contribution in [2.75, 3.05) is 33.0 Å². The van der Waals surface area contributed by atoms with Gasteiger partial charge in [-0.25, -0.2) is 0 Å². The van der Waals surface area contributed by atoms with Crippen molar-refractivity contribution in [1.29, 1.82) is 0 Å². The lowest BCUT2D eigenvalue weighted by atomic mass is 9.95. The number of hydrogen-bond acceptors (Lipinski definition) is 17. The molecule has 0 aliphatic carbocycles. The number of ether oxygens (including phenoxy) is 6. The molecule has 0 aromatic heterocycles. The molecular formula is C23H42N2O16. The van der Waals surface area contributed by atoms with Crippen LogP contribution in [0, 0.1) is 0 Å². The first-order chi connectivity index (χ1) is 19.5. The van der Waals surface area contributed by atoms with Crippen LogP contribution < -0.4 is 11.1 Å². The van der Waals surface area contributed by atoms with E-state index in [1.807, 2.05) is 0 Å². The third kappa shape index (κ3) is 7.87. The molecule has 0 bridgehead atoms. The minimum Gasteiger partial charge on any atom is -0.394 e. The monoisotopic (exact) mass is 602 g/mol. The average molecular weight is 603 g/mol. The van der Waals surface area contributed by atoms with Crippen LogP contribution >= 0.6 is 0 Å². The molecule has 15 atom stereocenters. The maximum atomic E-state index is 11.8. The van der Waals surface area contributed by atoms with Crippen molar-refractivity contribution in [3.63, 3.8) is 0 Å². The summed E-state index contributed by atoms with van der Waals surface area (Å²) in [6, 6.07) is -1.20. The van der Waals surface area contributed by atoms with Crippen molar-refractivity contribution in [2.24, 2.45) is 5.73 Å². The SMILES string of the molecule is CC(=O)NC1[C@H](OCCCN)OC(CO)[C@@H](O[C@@H]2OC(CO)[C@H](O)[C@H](O[C@@H]3OC(CO)[C@H](O)[C@H](O)C3O)C2O)[C@@H]1O. The van der Waals surface area contributed by atoms with Crippen LogP contribution in [0.3, 0.4) is 0 Å². The summed E-state index contributed by atoms with van der Waals surface area (Å²) < 4.78 is 33.4. The van der Waals surface area contributed by atoms with Crippen LogP contribution in [-0.4, -0.2) is 177 Å². The van der Waals surface area contributed by atoms with Gasteiger partial charge in [0.25, 0.3) is 0 Å². The van der Waals surface area contributed by atoms with E-state index in [2.05, 4.69) is 5.32 Å². The maximum Gasteiger partial charge on any atom is 0.217 e. The van der Waals surface area contributed by atoms with Gasteiger partial charge < -0.3 is 85.4 Å². The van der Waals surface area contributed by atoms with E-state index in [0.29, 0.717) is 13.0 Å². The summed E-state index contributed by atoms with van der Waals surface area (Å²) >= 11 is 0. The van der Waals surface area contributed by atoms with Crippen LogP contribution in [0.4, 0.5) is 0 Å². The molecule has 6 unspecified atom stereocenters. The summed E-state index contributed by atoms with van der Waals surface area (Å²) in [5.41, 5.74) is 5.48. The number of nitrogens with two attached hydrogens (primary N) is 1. The summed E-state index contributed by atoms with van der Waals surface area (Å²) in [6.45, 7) is -0.656. The first-order valence-corrected chi connectivity index (χ1v) is 13.3. The Morgan fingerprint density at radius 1 is 0.707 bits per heavy atom. The highest BCUT2D eigenvalue weighted by Crippen LogP contribution is 2.32. The second kappa shape index (κ2) is 15.5. The summed E-state index contributed by atoms with van der Waals surface area (Å²) in [7, 11) is 0. The predicted octanol–water partition coefficient (Wildman–Crippen LogP) is -7.06. The van der Waals surface area contributed by atoms with Crippen molar-refractivity contribution in [3.8, 4) is 0 Å². The molecule has 3 aliphatic rings. The van der Waals surface area contributed by atoms with Crippen LogP contribution in [0.1, 0.15) is 13.3 Å². The number of nitrogens with one attached hydrogen (secondary N) is 1. The molecule has 3 saturated heterocycles. The van der Waals surface area contributed by atoms with Gasteiger partial charge in [0.1, 0.15) is 73.2 Å². The molecule has 1 amide bonds. The fraction of sp³-hybridized carbons (Fsp3) is 0.957. The van der Waals surface area contributed by atoms with Crippen LogP contribution in [0.2, 0.25) is 0 Å². The van der Waals surface area contributed by atoms with Gasteiger partial charge in [-0.2, -0.15) is 0 Å². The van der Waals surface area contributed by atoms with Crippen molar-refractivity contribution in [2.45, 2.75) is 105 Å². The minimum atomic E-state index is -1.90. The molecule has 240 valence electrons. The third-order valence-electron chi connectivity index (χ3n) is 7.11. The molecule has 0 aromatic rings. The Bertz CT molecular complexity index is 812. The molecule has 3 heterocycles. The zero-order valence-electron chi connectivity index (χ0n) is 22.4. The summed E-state index contributed by atoms with van der Waals surface area (Å²) in [4.78, 5) is 11.8. The van der Waals surface area contributed by atoms with E-state index in [4.69, 9.17) is 34.2 Å². The largest absolute Gasteiger partial charge is 0.394 e. The van der Waals surface area contributed by atoms with Gasteiger partial charge in [-0.15, -0.1) is 0 Å². The molecule has 3 aliphatic heterocycles. The van der Waals surface area contributed by atoms with Crippen LogP contribution in [0.25, 0.3) is 0 Å². The molecule has 3 rings (SSSR count). The Hall–Kier alpha value is -1.17. The van der Waals surface area contributed by atoms with Gasteiger partial charge in [-0.3, -0.25) is 4.79 Å². The standard InChI is InChI=1S/C23H42N2O16/c1-8(29)25-12-15(32)19(11(7-28)39-21(12)36-4-2-3-24)40-23-18(35)20(14(31)10(6-27)38-23)41-22-17(34)16(33)13(30)9(5-26)37-22/h9-23,26-28,30-35H,2-7,24H2,1H3,(H,25,29)/t9?,10?,11?,12?,13-,14-,15+,16-,17?,18?,19+,20-,21+,22-,23-/m0/s1. The van der Waals surface area contributed by atoms with Gasteiger partial charge in [0.2, 0.25) is 5.91 Å². The molecule has 41 heavy (non-hydrogen) atoms. The second-order valence-corrected chi connectivity index (χ2v) is 10.1. The van der Waals surface area contributed by atoms with E-state index in [9.17, 15) is 50.8 Å². The first kappa shape index (κ1) is 34.3. The minimum absolute atomic E-state index is 0.116. The molecule has 18 heteroatoms. The van der Waals surface area contributed by atoms with Crippen LogP contribution in [0.15, 0.2) is 0 Å². The molecule has 0 saturated carbocycles. The zero-order valence-corrected chi connectivity index (χ0v) is 22.4. The van der Waals surface area contributed by atoms with Gasteiger partial charge >= 0.3 is 0 Å². The number of aliphatic hydroxyl groups excluding tert-OH is 9. The number of aliphatic hydroxyl groups is 9. The highest BCUT2D eigenvalue weighted by molar-refractivity contribution is 5.73. The highest BCUT2D eigenvalue weighted by atomic mass is 16.8. The number of carbonyl (C=O) groups is 1. The van der Waals surface area contributed by atoms with E-state index in [1.165, 1.54) is 6.92 Å². The van der Waals surface area contributed by atoms with Crippen molar-refractivity contribution in [1.82, 2.24) is 5.32 Å². The smallest absolute Gasteiger partial charge is 0.217 e. The third-order valence-corrected chi connectivity index (χ3v) is 7.11. The zero-order chi connectivity index (χ0) is 30.4. The molecule has 0 aromatic carbocycles.